The van der Waals surface area contributed by atoms with Crippen LogP contribution in [0.5, 0.6) is 5.75 Å². The van der Waals surface area contributed by atoms with E-state index in [0.29, 0.717) is 29.4 Å². The van der Waals surface area contributed by atoms with Crippen molar-refractivity contribution < 1.29 is 17.9 Å². The van der Waals surface area contributed by atoms with E-state index in [9.17, 15) is 13.2 Å². The molecule has 5 rings (SSSR count). The van der Waals surface area contributed by atoms with Gasteiger partial charge in [0.15, 0.2) is 0 Å². The molecule has 7 nitrogen and oxygen atoms in total. The predicted octanol–water partition coefficient (Wildman–Crippen LogP) is 5.92. The summed E-state index contributed by atoms with van der Waals surface area (Å²) in [5.74, 6) is 0.821. The third-order valence-electron chi connectivity index (χ3n) is 5.78. The van der Waals surface area contributed by atoms with Crippen LogP contribution in [0.1, 0.15) is 22.3 Å². The number of pyridine rings is 2. The van der Waals surface area contributed by atoms with Gasteiger partial charge in [-0.2, -0.15) is 13.2 Å². The summed E-state index contributed by atoms with van der Waals surface area (Å²) in [5.41, 5.74) is 6.48. The summed E-state index contributed by atoms with van der Waals surface area (Å²) >= 11 is 8.32. The fourth-order valence-electron chi connectivity index (χ4n) is 4.28. The number of hydrogen-bond acceptors (Lipinski definition) is 8. The summed E-state index contributed by atoms with van der Waals surface area (Å²) in [4.78, 5) is 15.8. The Morgan fingerprint density at radius 1 is 1.25 bits per heavy atom. The lowest BCUT2D eigenvalue weighted by molar-refractivity contribution is -0.137. The highest BCUT2D eigenvalue weighted by Gasteiger charge is 2.38. The number of halogens is 4. The van der Waals surface area contributed by atoms with Crippen molar-refractivity contribution in [1.82, 2.24) is 14.9 Å². The number of alkyl halides is 3. The normalized spacial score (nSPS) is 14.5. The van der Waals surface area contributed by atoms with E-state index in [1.807, 2.05) is 17.2 Å². The smallest absolute Gasteiger partial charge is 0.418 e. The van der Waals surface area contributed by atoms with Crippen LogP contribution in [-0.4, -0.2) is 33.6 Å². The Hall–Kier alpha value is -3.44. The van der Waals surface area contributed by atoms with E-state index in [4.69, 9.17) is 22.1 Å². The second kappa shape index (κ2) is 9.21. The van der Waals surface area contributed by atoms with Gasteiger partial charge in [-0.25, -0.2) is 9.98 Å². The topological polar surface area (TPSA) is 88.7 Å². The Morgan fingerprint density at radius 2 is 2.06 bits per heavy atom. The van der Waals surface area contributed by atoms with Crippen molar-refractivity contribution >= 4 is 40.7 Å². The number of hydrogen-bond donors (Lipinski definition) is 2. The van der Waals surface area contributed by atoms with Crippen LogP contribution in [0.3, 0.4) is 0 Å². The van der Waals surface area contributed by atoms with Crippen LogP contribution in [-0.2, 0) is 12.7 Å². The van der Waals surface area contributed by atoms with Crippen LogP contribution in [0.4, 0.5) is 24.7 Å². The van der Waals surface area contributed by atoms with Crippen LogP contribution in [0.2, 0.25) is 5.02 Å². The summed E-state index contributed by atoms with van der Waals surface area (Å²) in [5, 5.41) is 3.16. The Morgan fingerprint density at radius 3 is 2.81 bits per heavy atom. The molecule has 12 heteroatoms. The summed E-state index contributed by atoms with van der Waals surface area (Å²) in [7, 11) is 0. The fourth-order valence-corrected chi connectivity index (χ4v) is 5.02. The van der Waals surface area contributed by atoms with Gasteiger partial charge < -0.3 is 20.7 Å². The lowest BCUT2D eigenvalue weighted by Crippen LogP contribution is -2.30. The monoisotopic (exact) mass is 532 g/mol. The number of nitrogens with one attached hydrogen (secondary N) is 1. The molecular weight excluding hydrogens is 513 g/mol. The molecule has 4 heterocycles. The Kier molecular flexibility index (Phi) is 6.21. The van der Waals surface area contributed by atoms with Crippen LogP contribution < -0.4 is 15.8 Å². The van der Waals surface area contributed by atoms with Crippen molar-refractivity contribution in [2.24, 2.45) is 4.99 Å². The van der Waals surface area contributed by atoms with Gasteiger partial charge in [0.2, 0.25) is 0 Å². The number of nitrogens with two attached hydrogens (primary N) is 1. The lowest BCUT2D eigenvalue weighted by atomic mass is 9.97. The minimum Gasteiger partial charge on any atom is -0.463 e. The molecule has 36 heavy (non-hydrogen) atoms. The summed E-state index contributed by atoms with van der Waals surface area (Å²) < 4.78 is 47.9. The number of amidine groups is 1. The van der Waals surface area contributed by atoms with Gasteiger partial charge in [-0.1, -0.05) is 11.6 Å². The van der Waals surface area contributed by atoms with Gasteiger partial charge >= 0.3 is 6.18 Å². The molecule has 0 amide bonds. The highest BCUT2D eigenvalue weighted by molar-refractivity contribution is 7.98. The van der Waals surface area contributed by atoms with Gasteiger partial charge in [0, 0.05) is 29.1 Å². The van der Waals surface area contributed by atoms with E-state index in [-0.39, 0.29) is 34.3 Å². The number of aliphatic imine (C=N–C) groups is 1. The van der Waals surface area contributed by atoms with E-state index < -0.39 is 11.7 Å². The second-order valence-electron chi connectivity index (χ2n) is 8.15. The Labute approximate surface area is 214 Å². The Balaban J connectivity index is 1.64. The largest absolute Gasteiger partial charge is 0.463 e. The van der Waals surface area contributed by atoms with Crippen molar-refractivity contribution in [2.45, 2.75) is 24.5 Å². The molecule has 0 radical (unpaired) electrons. The van der Waals surface area contributed by atoms with Gasteiger partial charge in [-0.15, -0.1) is 11.8 Å². The third kappa shape index (κ3) is 4.33. The van der Waals surface area contributed by atoms with Crippen molar-refractivity contribution in [3.8, 4) is 17.0 Å². The lowest BCUT2D eigenvalue weighted by Gasteiger charge is -2.28. The molecule has 2 aromatic heterocycles. The third-order valence-corrected chi connectivity index (χ3v) is 6.86. The quantitative estimate of drug-likeness (QED) is 0.403. The molecule has 0 unspecified atom stereocenters. The van der Waals surface area contributed by atoms with Crippen molar-refractivity contribution in [3.63, 3.8) is 0 Å². The zero-order valence-corrected chi connectivity index (χ0v) is 20.7. The number of anilines is 2. The number of aryl methyl sites for hydroxylation is 1. The number of aromatic nitrogens is 2. The number of thioether (sulfide) groups is 1. The molecular formula is C24H20ClF3N6OS. The van der Waals surface area contributed by atoms with Gasteiger partial charge in [0.05, 0.1) is 34.1 Å². The number of ether oxygens (including phenoxy) is 1. The molecule has 2 aliphatic rings. The molecule has 2 aliphatic heterocycles. The zero-order chi connectivity index (χ0) is 25.6. The average Bonchev–Trinajstić information content (AvgIpc) is 3.00. The number of benzene rings is 1. The first-order valence-corrected chi connectivity index (χ1v) is 12.4. The maximum absolute atomic E-state index is 14.0. The molecule has 0 bridgehead atoms. The highest BCUT2D eigenvalue weighted by Crippen LogP contribution is 2.47. The zero-order valence-electron chi connectivity index (χ0n) is 19.2. The van der Waals surface area contributed by atoms with Crippen LogP contribution >= 0.6 is 23.4 Å². The number of nitrogen functional groups attached to an aromatic ring is 1. The van der Waals surface area contributed by atoms with Crippen LogP contribution in [0, 0.1) is 6.92 Å². The fraction of sp³-hybridized carbons (Fsp3) is 0.208. The molecule has 0 aliphatic carbocycles. The summed E-state index contributed by atoms with van der Waals surface area (Å²) in [6, 6.07) is 4.67. The molecule has 0 saturated heterocycles. The predicted molar refractivity (Wildman–Crippen MR) is 135 cm³/mol. The van der Waals surface area contributed by atoms with Gasteiger partial charge in [0.1, 0.15) is 30.3 Å². The van der Waals surface area contributed by atoms with E-state index in [2.05, 4.69) is 20.3 Å². The molecule has 1 aromatic carbocycles. The number of rotatable bonds is 4. The molecule has 3 N–H and O–H groups in total. The van der Waals surface area contributed by atoms with E-state index in [1.54, 1.807) is 30.4 Å². The summed E-state index contributed by atoms with van der Waals surface area (Å²) in [6.45, 7) is 1.97. The molecule has 0 saturated carbocycles. The summed E-state index contributed by atoms with van der Waals surface area (Å²) in [6.07, 6.45) is 4.05. The second-order valence-corrected chi connectivity index (χ2v) is 9.41. The molecule has 186 valence electrons. The van der Waals surface area contributed by atoms with E-state index in [0.717, 1.165) is 10.5 Å². The molecule has 0 spiro atoms. The minimum absolute atomic E-state index is 0.0431. The standard InChI is InChI=1S/C24H20ClF3N6OS/c1-12-5-17(29)33-21(19(12)24(26,27)28)15-7-16-18-22(20(15)25)31-11-32-23(18)34(3-4-35-16)10-13-6-14(36-2)9-30-8-13/h3-9,31H,10-11H2,1-2H3,(H2,29,33). The molecule has 0 atom stereocenters. The maximum atomic E-state index is 14.0. The van der Waals surface area contributed by atoms with Crippen molar-refractivity contribution in [1.29, 1.82) is 0 Å². The minimum atomic E-state index is -4.66. The first-order chi connectivity index (χ1) is 17.2. The highest BCUT2D eigenvalue weighted by atomic mass is 35.5. The molecule has 3 aromatic rings. The van der Waals surface area contributed by atoms with Crippen LogP contribution in [0.15, 0.2) is 52.9 Å². The van der Waals surface area contributed by atoms with Gasteiger partial charge in [-0.05, 0) is 42.5 Å². The Bertz CT molecular complexity index is 1430. The van der Waals surface area contributed by atoms with Gasteiger partial charge in [0.25, 0.3) is 0 Å². The number of nitrogens with zero attached hydrogens (tertiary/aromatic N) is 4. The first-order valence-electron chi connectivity index (χ1n) is 10.7. The SMILES string of the molecule is CSc1cncc(CN2C=COc3cc(-c4nc(N)cc(C)c4C(F)(F)F)c(Cl)c4c3C2=NCN4)c1. The van der Waals surface area contributed by atoms with E-state index >= 15 is 0 Å². The van der Waals surface area contributed by atoms with E-state index in [1.165, 1.54) is 25.3 Å². The molecule has 0 fully saturated rings. The van der Waals surface area contributed by atoms with Crippen molar-refractivity contribution in [3.05, 3.63) is 70.3 Å². The first kappa shape index (κ1) is 24.3. The average molecular weight is 533 g/mol. The maximum Gasteiger partial charge on any atom is 0.418 e. The van der Waals surface area contributed by atoms with Crippen molar-refractivity contribution in [2.75, 3.05) is 24.0 Å². The van der Waals surface area contributed by atoms with Gasteiger partial charge in [-0.3, -0.25) is 4.98 Å². The van der Waals surface area contributed by atoms with Crippen LogP contribution in [0.25, 0.3) is 11.3 Å².